The molecule has 0 aliphatic carbocycles. The number of likely N-dealkylation sites (N-methyl/N-ethyl adjacent to an activating group) is 1. The van der Waals surface area contributed by atoms with Crippen molar-refractivity contribution in [2.45, 2.75) is 6.92 Å². The highest BCUT2D eigenvalue weighted by molar-refractivity contribution is 6.02. The Balaban J connectivity index is 0.00000225. The second kappa shape index (κ2) is 9.35. The zero-order chi connectivity index (χ0) is 18.5. The first kappa shape index (κ1) is 19.9. The van der Waals surface area contributed by atoms with Crippen molar-refractivity contribution in [3.05, 3.63) is 67.1 Å². The normalized spacial score (nSPS) is 10.6. The third-order valence-electron chi connectivity index (χ3n) is 4.46. The maximum atomic E-state index is 6.02. The topological polar surface area (TPSA) is 62.8 Å². The van der Waals surface area contributed by atoms with Crippen LogP contribution in [0, 0.1) is 0 Å². The minimum absolute atomic E-state index is 0. The van der Waals surface area contributed by atoms with Gasteiger partial charge in [-0.3, -0.25) is 9.97 Å². The van der Waals surface area contributed by atoms with Gasteiger partial charge in [-0.05, 0) is 30.3 Å². The van der Waals surface area contributed by atoms with Crippen molar-refractivity contribution in [2.24, 2.45) is 0 Å². The zero-order valence-electron chi connectivity index (χ0n) is 15.7. The van der Waals surface area contributed by atoms with Crippen LogP contribution in [0.5, 0.6) is 5.75 Å². The summed E-state index contributed by atoms with van der Waals surface area (Å²) in [4.78, 5) is 12.4. The van der Waals surface area contributed by atoms with Crippen LogP contribution in [0.25, 0.3) is 33.4 Å². The van der Waals surface area contributed by atoms with Crippen LogP contribution in [-0.4, -0.2) is 34.6 Å². The maximum absolute atomic E-state index is 6.02. The van der Waals surface area contributed by atoms with Crippen LogP contribution in [0.3, 0.4) is 0 Å². The summed E-state index contributed by atoms with van der Waals surface area (Å²) in [6.07, 6.45) is 5.39. The second-order valence-electron chi connectivity index (χ2n) is 6.21. The third-order valence-corrected chi connectivity index (χ3v) is 4.46. The number of halogens is 1. The van der Waals surface area contributed by atoms with Gasteiger partial charge in [0.25, 0.3) is 0 Å². The molecule has 0 unspecified atom stereocenters. The molecule has 0 spiro atoms. The molecule has 1 aromatic carbocycles. The first-order valence-electron chi connectivity index (χ1n) is 9.18. The van der Waals surface area contributed by atoms with Gasteiger partial charge in [-0.25, -0.2) is 0 Å². The molecule has 0 saturated carbocycles. The first-order chi connectivity index (χ1) is 13.4. The second-order valence-corrected chi connectivity index (χ2v) is 6.21. The number of nitrogens with one attached hydrogen (secondary N) is 2. The van der Waals surface area contributed by atoms with E-state index in [-0.39, 0.29) is 12.4 Å². The van der Waals surface area contributed by atoms with Crippen molar-refractivity contribution in [3.8, 4) is 28.1 Å². The number of aromatic nitrogens is 3. The molecule has 6 heteroatoms. The van der Waals surface area contributed by atoms with E-state index in [0.717, 1.165) is 52.3 Å². The van der Waals surface area contributed by atoms with E-state index >= 15 is 0 Å². The lowest BCUT2D eigenvalue weighted by Crippen LogP contribution is -2.20. The molecule has 3 aromatic heterocycles. The van der Waals surface area contributed by atoms with Gasteiger partial charge in [0, 0.05) is 30.1 Å². The fraction of sp³-hybridized carbons (Fsp3) is 0.182. The summed E-state index contributed by atoms with van der Waals surface area (Å²) in [5.41, 5.74) is 6.13. The van der Waals surface area contributed by atoms with Gasteiger partial charge in [0.2, 0.25) is 0 Å². The van der Waals surface area contributed by atoms with Crippen molar-refractivity contribution in [2.75, 3.05) is 19.7 Å². The molecule has 0 saturated heterocycles. The van der Waals surface area contributed by atoms with E-state index in [2.05, 4.69) is 39.3 Å². The van der Waals surface area contributed by atoms with Gasteiger partial charge < -0.3 is 15.0 Å². The SMILES string of the molecule is CCNCCOc1cnccc1-c1[nH]c2cccnc2c1-c1ccccc1.Cl. The average Bonchev–Trinajstić information content (AvgIpc) is 3.11. The number of hydrogen-bond donors (Lipinski definition) is 2. The fourth-order valence-electron chi connectivity index (χ4n) is 3.22. The molecule has 0 fully saturated rings. The highest BCUT2D eigenvalue weighted by atomic mass is 35.5. The summed E-state index contributed by atoms with van der Waals surface area (Å²) >= 11 is 0. The van der Waals surface area contributed by atoms with Gasteiger partial charge in [-0.2, -0.15) is 0 Å². The zero-order valence-corrected chi connectivity index (χ0v) is 16.5. The van der Waals surface area contributed by atoms with E-state index in [0.29, 0.717) is 6.61 Å². The number of pyridine rings is 2. The standard InChI is InChI=1S/C22H22N4O.ClH/c1-2-23-13-14-27-19-15-24-12-10-17(19)21-20(16-7-4-3-5-8-16)22-18(26-21)9-6-11-25-22;/h3-12,15,23,26H,2,13-14H2,1H3;1H. The van der Waals surface area contributed by atoms with Crippen molar-refractivity contribution in [1.29, 1.82) is 0 Å². The fourth-order valence-corrected chi connectivity index (χ4v) is 3.22. The van der Waals surface area contributed by atoms with Gasteiger partial charge in [-0.1, -0.05) is 37.3 Å². The van der Waals surface area contributed by atoms with Gasteiger partial charge in [0.15, 0.2) is 0 Å². The minimum Gasteiger partial charge on any atom is -0.490 e. The van der Waals surface area contributed by atoms with Crippen LogP contribution >= 0.6 is 12.4 Å². The first-order valence-corrected chi connectivity index (χ1v) is 9.18. The van der Waals surface area contributed by atoms with E-state index < -0.39 is 0 Å². The Bertz CT molecular complexity index is 1030. The monoisotopic (exact) mass is 394 g/mol. The molecule has 144 valence electrons. The molecule has 0 atom stereocenters. The molecule has 28 heavy (non-hydrogen) atoms. The molecular weight excluding hydrogens is 372 g/mol. The number of rotatable bonds is 7. The van der Waals surface area contributed by atoms with Crippen LogP contribution in [0.1, 0.15) is 6.92 Å². The van der Waals surface area contributed by atoms with Gasteiger partial charge in [-0.15, -0.1) is 12.4 Å². The maximum Gasteiger partial charge on any atom is 0.146 e. The summed E-state index contributed by atoms with van der Waals surface area (Å²) in [5, 5.41) is 3.27. The Morgan fingerprint density at radius 2 is 1.89 bits per heavy atom. The predicted molar refractivity (Wildman–Crippen MR) is 116 cm³/mol. The molecule has 0 radical (unpaired) electrons. The number of H-pyrrole nitrogens is 1. The van der Waals surface area contributed by atoms with Crippen LogP contribution in [0.15, 0.2) is 67.1 Å². The van der Waals surface area contributed by atoms with Crippen molar-refractivity contribution in [1.82, 2.24) is 20.3 Å². The van der Waals surface area contributed by atoms with E-state index in [9.17, 15) is 0 Å². The van der Waals surface area contributed by atoms with E-state index in [4.69, 9.17) is 4.74 Å². The van der Waals surface area contributed by atoms with Crippen molar-refractivity contribution in [3.63, 3.8) is 0 Å². The largest absolute Gasteiger partial charge is 0.490 e. The number of fused-ring (bicyclic) bond motifs is 1. The Hall–Kier alpha value is -2.89. The van der Waals surface area contributed by atoms with Crippen molar-refractivity contribution < 1.29 is 4.74 Å². The molecule has 5 nitrogen and oxygen atoms in total. The Labute approximate surface area is 170 Å². The summed E-state index contributed by atoms with van der Waals surface area (Å²) in [6, 6.07) is 16.3. The summed E-state index contributed by atoms with van der Waals surface area (Å²) < 4.78 is 6.02. The number of hydrogen-bond acceptors (Lipinski definition) is 4. The lowest BCUT2D eigenvalue weighted by molar-refractivity contribution is 0.315. The average molecular weight is 395 g/mol. The molecule has 4 aromatic rings. The van der Waals surface area contributed by atoms with Gasteiger partial charge >= 0.3 is 0 Å². The van der Waals surface area contributed by atoms with E-state index in [1.165, 1.54) is 0 Å². The summed E-state index contributed by atoms with van der Waals surface area (Å²) in [7, 11) is 0. The highest BCUT2D eigenvalue weighted by Crippen LogP contribution is 2.40. The smallest absolute Gasteiger partial charge is 0.146 e. The van der Waals surface area contributed by atoms with E-state index in [1.54, 1.807) is 12.4 Å². The lowest BCUT2D eigenvalue weighted by Gasteiger charge is -2.12. The molecule has 3 heterocycles. The minimum atomic E-state index is 0. The summed E-state index contributed by atoms with van der Waals surface area (Å²) in [6.45, 7) is 4.39. The molecule has 0 aliphatic heterocycles. The molecular formula is C22H23ClN4O. The molecule has 2 N–H and O–H groups in total. The van der Waals surface area contributed by atoms with Crippen LogP contribution in [-0.2, 0) is 0 Å². The molecule has 0 aliphatic rings. The van der Waals surface area contributed by atoms with Crippen LogP contribution in [0.2, 0.25) is 0 Å². The Kier molecular flexibility index (Phi) is 6.63. The van der Waals surface area contributed by atoms with Gasteiger partial charge in [0.05, 0.1) is 22.9 Å². The Morgan fingerprint density at radius 3 is 2.71 bits per heavy atom. The number of nitrogens with zero attached hydrogens (tertiary/aromatic N) is 2. The van der Waals surface area contributed by atoms with Crippen LogP contribution < -0.4 is 10.1 Å². The third kappa shape index (κ3) is 4.01. The van der Waals surface area contributed by atoms with E-state index in [1.807, 2.05) is 42.6 Å². The molecule has 4 rings (SSSR count). The summed E-state index contributed by atoms with van der Waals surface area (Å²) in [5.74, 6) is 0.763. The van der Waals surface area contributed by atoms with Crippen molar-refractivity contribution >= 4 is 23.4 Å². The highest BCUT2D eigenvalue weighted by Gasteiger charge is 2.18. The predicted octanol–water partition coefficient (Wildman–Crippen LogP) is 4.70. The molecule has 0 bridgehead atoms. The number of aromatic amines is 1. The van der Waals surface area contributed by atoms with Gasteiger partial charge in [0.1, 0.15) is 12.4 Å². The lowest BCUT2D eigenvalue weighted by atomic mass is 10.0. The Morgan fingerprint density at radius 1 is 1.04 bits per heavy atom. The molecule has 0 amide bonds. The number of benzene rings is 1. The quantitative estimate of drug-likeness (QED) is 0.446. The number of ether oxygens (including phenoxy) is 1. The van der Waals surface area contributed by atoms with Crippen LogP contribution in [0.4, 0.5) is 0 Å².